The van der Waals surface area contributed by atoms with E-state index in [1.807, 2.05) is 26.0 Å². The lowest BCUT2D eigenvalue weighted by Gasteiger charge is -2.11. The molecule has 1 aromatic carbocycles. The van der Waals surface area contributed by atoms with Crippen LogP contribution in [0.25, 0.3) is 6.08 Å². The van der Waals surface area contributed by atoms with Gasteiger partial charge in [-0.2, -0.15) is 0 Å². The Morgan fingerprint density at radius 3 is 2.72 bits per heavy atom. The summed E-state index contributed by atoms with van der Waals surface area (Å²) in [5, 5.41) is 8.64. The summed E-state index contributed by atoms with van der Waals surface area (Å²) in [7, 11) is 1.59. The third kappa shape index (κ3) is 4.59. The van der Waals surface area contributed by atoms with Gasteiger partial charge in [-0.25, -0.2) is 4.79 Å². The van der Waals surface area contributed by atoms with Crippen molar-refractivity contribution in [1.82, 2.24) is 0 Å². The van der Waals surface area contributed by atoms with Crippen LogP contribution in [0.4, 0.5) is 0 Å². The van der Waals surface area contributed by atoms with Crippen LogP contribution in [-0.4, -0.2) is 24.3 Å². The Kier molecular flexibility index (Phi) is 5.39. The molecule has 18 heavy (non-hydrogen) atoms. The first kappa shape index (κ1) is 14.3. The number of methoxy groups -OCH3 is 1. The van der Waals surface area contributed by atoms with Crippen LogP contribution < -0.4 is 4.74 Å². The number of benzene rings is 1. The largest absolute Gasteiger partial charge is 0.497 e. The number of carboxylic acids is 1. The molecule has 0 fully saturated rings. The Bertz CT molecular complexity index is 435. The van der Waals surface area contributed by atoms with Gasteiger partial charge in [0.2, 0.25) is 0 Å². The lowest BCUT2D eigenvalue weighted by atomic mass is 10.1. The van der Waals surface area contributed by atoms with Crippen LogP contribution >= 0.6 is 0 Å². The number of carboxylic acid groups (broad SMARTS) is 1. The monoisotopic (exact) mass is 250 g/mol. The van der Waals surface area contributed by atoms with Crippen LogP contribution in [0.15, 0.2) is 24.3 Å². The highest BCUT2D eigenvalue weighted by molar-refractivity contribution is 5.85. The molecule has 4 heteroatoms. The summed E-state index contributed by atoms with van der Waals surface area (Å²) in [6.07, 6.45) is 2.79. The second-order valence-corrected chi connectivity index (χ2v) is 4.10. The van der Waals surface area contributed by atoms with Gasteiger partial charge in [-0.15, -0.1) is 0 Å². The van der Waals surface area contributed by atoms with Gasteiger partial charge in [-0.05, 0) is 43.2 Å². The fraction of sp³-hybridized carbons (Fsp3) is 0.357. The van der Waals surface area contributed by atoms with Gasteiger partial charge in [0.1, 0.15) is 5.75 Å². The maximum atomic E-state index is 10.5. The van der Waals surface area contributed by atoms with E-state index >= 15 is 0 Å². The van der Waals surface area contributed by atoms with Gasteiger partial charge >= 0.3 is 5.97 Å². The summed E-state index contributed by atoms with van der Waals surface area (Å²) in [4.78, 5) is 10.5. The maximum Gasteiger partial charge on any atom is 0.328 e. The van der Waals surface area contributed by atoms with Gasteiger partial charge in [0.15, 0.2) is 0 Å². The second kappa shape index (κ2) is 6.81. The Morgan fingerprint density at radius 2 is 2.17 bits per heavy atom. The maximum absolute atomic E-state index is 10.5. The Hall–Kier alpha value is -1.81. The van der Waals surface area contributed by atoms with Crippen molar-refractivity contribution in [3.05, 3.63) is 35.4 Å². The summed E-state index contributed by atoms with van der Waals surface area (Å²) in [5.41, 5.74) is 1.72. The van der Waals surface area contributed by atoms with Crippen LogP contribution in [0, 0.1) is 0 Å². The van der Waals surface area contributed by atoms with E-state index in [1.54, 1.807) is 19.3 Å². The van der Waals surface area contributed by atoms with Crippen LogP contribution in [0.5, 0.6) is 5.75 Å². The van der Waals surface area contributed by atoms with Gasteiger partial charge in [-0.1, -0.05) is 6.07 Å². The van der Waals surface area contributed by atoms with Crippen molar-refractivity contribution in [1.29, 1.82) is 0 Å². The van der Waals surface area contributed by atoms with E-state index in [0.29, 0.717) is 6.61 Å². The molecule has 0 spiro atoms. The molecule has 0 aliphatic rings. The topological polar surface area (TPSA) is 55.8 Å². The van der Waals surface area contributed by atoms with Crippen LogP contribution in [0.3, 0.4) is 0 Å². The number of hydrogen-bond donors (Lipinski definition) is 1. The van der Waals surface area contributed by atoms with E-state index in [0.717, 1.165) is 23.0 Å². The van der Waals surface area contributed by atoms with Crippen molar-refractivity contribution in [2.24, 2.45) is 0 Å². The Balaban J connectivity index is 2.96. The third-order valence-electron chi connectivity index (χ3n) is 2.33. The lowest BCUT2D eigenvalue weighted by Crippen LogP contribution is -2.03. The minimum Gasteiger partial charge on any atom is -0.497 e. The number of rotatable bonds is 6. The summed E-state index contributed by atoms with van der Waals surface area (Å²) in [5.74, 6) is -0.244. The predicted molar refractivity (Wildman–Crippen MR) is 69.6 cm³/mol. The minimum absolute atomic E-state index is 0.118. The van der Waals surface area contributed by atoms with Crippen molar-refractivity contribution in [3.8, 4) is 5.75 Å². The molecule has 0 atom stereocenters. The Labute approximate surface area is 107 Å². The molecule has 4 nitrogen and oxygen atoms in total. The number of ether oxygens (including phenoxy) is 2. The first-order valence-electron chi connectivity index (χ1n) is 5.72. The van der Waals surface area contributed by atoms with Crippen molar-refractivity contribution in [3.63, 3.8) is 0 Å². The quantitative estimate of drug-likeness (QED) is 0.789. The van der Waals surface area contributed by atoms with Gasteiger partial charge in [0.25, 0.3) is 0 Å². The number of carbonyl (C=O) groups is 1. The average Bonchev–Trinajstić information content (AvgIpc) is 2.34. The van der Waals surface area contributed by atoms with Gasteiger partial charge in [0.05, 0.1) is 19.8 Å². The van der Waals surface area contributed by atoms with Gasteiger partial charge in [0, 0.05) is 6.08 Å². The zero-order chi connectivity index (χ0) is 13.5. The fourth-order valence-electron chi connectivity index (χ4n) is 1.41. The molecule has 1 rings (SSSR count). The molecule has 0 aromatic heterocycles. The summed E-state index contributed by atoms with van der Waals surface area (Å²) >= 11 is 0. The van der Waals surface area contributed by atoms with Crippen LogP contribution in [0.2, 0.25) is 0 Å². The van der Waals surface area contributed by atoms with Crippen molar-refractivity contribution in [2.45, 2.75) is 26.6 Å². The van der Waals surface area contributed by atoms with Crippen molar-refractivity contribution >= 4 is 12.0 Å². The molecule has 0 heterocycles. The van der Waals surface area contributed by atoms with Gasteiger partial charge in [-0.3, -0.25) is 0 Å². The van der Waals surface area contributed by atoms with E-state index in [1.165, 1.54) is 0 Å². The molecular weight excluding hydrogens is 232 g/mol. The standard InChI is InChI=1S/C14H18O4/c1-10(2)18-9-12-8-13(17-3)6-4-11(12)5-7-14(15)16/h4-8,10H,9H2,1-3H3,(H,15,16). The Morgan fingerprint density at radius 1 is 1.44 bits per heavy atom. The van der Waals surface area contributed by atoms with E-state index < -0.39 is 5.97 Å². The van der Waals surface area contributed by atoms with E-state index in [9.17, 15) is 4.79 Å². The molecule has 1 N–H and O–H groups in total. The summed E-state index contributed by atoms with van der Waals surface area (Å²) in [6.45, 7) is 4.33. The molecule has 0 saturated carbocycles. The highest BCUT2D eigenvalue weighted by Crippen LogP contribution is 2.20. The average molecular weight is 250 g/mol. The molecular formula is C14H18O4. The molecule has 1 aromatic rings. The van der Waals surface area contributed by atoms with Gasteiger partial charge < -0.3 is 14.6 Å². The van der Waals surface area contributed by atoms with Crippen LogP contribution in [0.1, 0.15) is 25.0 Å². The first-order valence-corrected chi connectivity index (χ1v) is 5.72. The van der Waals surface area contributed by atoms with Crippen molar-refractivity contribution < 1.29 is 19.4 Å². The number of hydrogen-bond acceptors (Lipinski definition) is 3. The minimum atomic E-state index is -0.971. The zero-order valence-corrected chi connectivity index (χ0v) is 10.8. The van der Waals surface area contributed by atoms with Crippen molar-refractivity contribution in [2.75, 3.05) is 7.11 Å². The molecule has 0 aliphatic heterocycles. The van der Waals surface area contributed by atoms with E-state index in [-0.39, 0.29) is 6.10 Å². The molecule has 0 radical (unpaired) electrons. The predicted octanol–water partition coefficient (Wildman–Crippen LogP) is 2.72. The normalized spacial score (nSPS) is 11.1. The molecule has 0 aliphatic carbocycles. The molecule has 0 saturated heterocycles. The summed E-state index contributed by atoms with van der Waals surface area (Å²) < 4.78 is 10.7. The fourth-order valence-corrected chi connectivity index (χ4v) is 1.41. The highest BCUT2D eigenvalue weighted by atomic mass is 16.5. The number of aliphatic carboxylic acids is 1. The van der Waals surface area contributed by atoms with E-state index in [4.69, 9.17) is 14.6 Å². The SMILES string of the molecule is COc1ccc(C=CC(=O)O)c(COC(C)C)c1. The summed E-state index contributed by atoms with van der Waals surface area (Å²) in [6, 6.07) is 5.46. The molecule has 0 amide bonds. The second-order valence-electron chi connectivity index (χ2n) is 4.10. The smallest absolute Gasteiger partial charge is 0.328 e. The molecule has 98 valence electrons. The van der Waals surface area contributed by atoms with Crippen LogP contribution in [-0.2, 0) is 16.1 Å². The highest BCUT2D eigenvalue weighted by Gasteiger charge is 2.04. The molecule has 0 bridgehead atoms. The molecule has 0 unspecified atom stereocenters. The van der Waals surface area contributed by atoms with E-state index in [2.05, 4.69) is 0 Å². The lowest BCUT2D eigenvalue weighted by molar-refractivity contribution is -0.131. The third-order valence-corrected chi connectivity index (χ3v) is 2.33. The first-order chi connectivity index (χ1) is 8.52. The zero-order valence-electron chi connectivity index (χ0n) is 10.8.